The van der Waals surface area contributed by atoms with E-state index in [0.717, 1.165) is 16.6 Å². The average Bonchev–Trinajstić information content (AvgIpc) is 3.20. The molecule has 0 unspecified atom stereocenters. The van der Waals surface area contributed by atoms with Crippen molar-refractivity contribution in [3.05, 3.63) is 63.5 Å². The fraction of sp³-hybridized carbons (Fsp3) is 0.176. The van der Waals surface area contributed by atoms with Gasteiger partial charge in [-0.1, -0.05) is 12.1 Å². The Labute approximate surface area is 165 Å². The monoisotopic (exact) mass is 420 g/mol. The molecule has 0 atom stereocenters. The van der Waals surface area contributed by atoms with Crippen LogP contribution in [0.5, 0.6) is 5.88 Å². The fourth-order valence-electron chi connectivity index (χ4n) is 2.35. The molecule has 0 bridgehead atoms. The molecule has 28 heavy (non-hydrogen) atoms. The number of aromatic nitrogens is 2. The van der Waals surface area contributed by atoms with Crippen LogP contribution in [0.4, 0.5) is 5.69 Å². The highest BCUT2D eigenvalue weighted by Gasteiger charge is 2.20. The lowest BCUT2D eigenvalue weighted by Gasteiger charge is -2.10. The molecule has 0 saturated carbocycles. The lowest BCUT2D eigenvalue weighted by molar-refractivity contribution is -0.385. The smallest absolute Gasteiger partial charge is 0.270 e. The molecule has 2 heterocycles. The number of nitro groups is 1. The molecule has 9 nitrogen and oxygen atoms in total. The number of thiophene rings is 1. The lowest BCUT2D eigenvalue weighted by atomic mass is 10.2. The van der Waals surface area contributed by atoms with Gasteiger partial charge in [-0.3, -0.25) is 10.1 Å². The molecule has 0 fully saturated rings. The van der Waals surface area contributed by atoms with Crippen molar-refractivity contribution < 1.29 is 18.1 Å². The highest BCUT2D eigenvalue weighted by molar-refractivity contribution is 7.89. The fourth-order valence-corrected chi connectivity index (χ4v) is 4.32. The van der Waals surface area contributed by atoms with Gasteiger partial charge in [0.1, 0.15) is 12.3 Å². The van der Waals surface area contributed by atoms with Crippen molar-refractivity contribution in [2.24, 2.45) is 0 Å². The maximum atomic E-state index is 12.4. The molecule has 0 aliphatic heterocycles. The largest absolute Gasteiger partial charge is 0.475 e. The first kappa shape index (κ1) is 19.9. The molecule has 0 amide bonds. The van der Waals surface area contributed by atoms with Crippen LogP contribution in [-0.4, -0.2) is 36.7 Å². The summed E-state index contributed by atoms with van der Waals surface area (Å²) in [7, 11) is -3.91. The Kier molecular flexibility index (Phi) is 5.97. The van der Waals surface area contributed by atoms with Crippen molar-refractivity contribution in [1.82, 2.24) is 14.9 Å². The van der Waals surface area contributed by atoms with Crippen LogP contribution in [0, 0.1) is 17.0 Å². The topological polar surface area (TPSA) is 124 Å². The summed E-state index contributed by atoms with van der Waals surface area (Å²) in [6.07, 6.45) is 0. The number of rotatable bonds is 8. The molecular formula is C17H16N4O5S2. The molecule has 0 radical (unpaired) electrons. The summed E-state index contributed by atoms with van der Waals surface area (Å²) in [6.45, 7) is 1.57. The van der Waals surface area contributed by atoms with Crippen LogP contribution in [0.25, 0.3) is 10.6 Å². The molecule has 1 N–H and O–H groups in total. The van der Waals surface area contributed by atoms with Gasteiger partial charge < -0.3 is 4.74 Å². The van der Waals surface area contributed by atoms with E-state index in [-0.39, 0.29) is 29.6 Å². The molecule has 146 valence electrons. The summed E-state index contributed by atoms with van der Waals surface area (Å²) < 4.78 is 32.6. The van der Waals surface area contributed by atoms with Gasteiger partial charge in [-0.15, -0.1) is 21.5 Å². The summed E-state index contributed by atoms with van der Waals surface area (Å²) in [5.74, 6) is 0.269. The van der Waals surface area contributed by atoms with Gasteiger partial charge in [0.25, 0.3) is 5.69 Å². The molecule has 11 heteroatoms. The number of nitrogens with zero attached hydrogens (tertiary/aromatic N) is 3. The number of aryl methyl sites for hydroxylation is 1. The number of nitrogens with one attached hydrogen (secondary N) is 1. The van der Waals surface area contributed by atoms with Gasteiger partial charge in [0, 0.05) is 24.7 Å². The van der Waals surface area contributed by atoms with Crippen LogP contribution in [0.3, 0.4) is 0 Å². The van der Waals surface area contributed by atoms with Crippen molar-refractivity contribution in [3.63, 3.8) is 0 Å². The third-order valence-corrected chi connectivity index (χ3v) is 6.23. The summed E-state index contributed by atoms with van der Waals surface area (Å²) in [5, 5.41) is 20.8. The van der Waals surface area contributed by atoms with E-state index in [2.05, 4.69) is 14.9 Å². The Morgan fingerprint density at radius 1 is 1.21 bits per heavy atom. The number of ether oxygens (including phenoxy) is 1. The maximum absolute atomic E-state index is 12.4. The minimum atomic E-state index is -3.91. The van der Waals surface area contributed by atoms with Gasteiger partial charge in [-0.25, -0.2) is 13.1 Å². The van der Waals surface area contributed by atoms with Crippen molar-refractivity contribution in [2.45, 2.75) is 11.8 Å². The van der Waals surface area contributed by atoms with Gasteiger partial charge in [0.2, 0.25) is 15.9 Å². The van der Waals surface area contributed by atoms with E-state index in [1.54, 1.807) is 30.4 Å². The Hall–Kier alpha value is -2.89. The zero-order valence-corrected chi connectivity index (χ0v) is 16.4. The molecule has 0 spiro atoms. The van der Waals surface area contributed by atoms with Crippen LogP contribution < -0.4 is 9.46 Å². The highest BCUT2D eigenvalue weighted by Crippen LogP contribution is 2.23. The van der Waals surface area contributed by atoms with E-state index in [1.807, 2.05) is 17.5 Å². The summed E-state index contributed by atoms with van der Waals surface area (Å²) >= 11 is 1.55. The van der Waals surface area contributed by atoms with Gasteiger partial charge in [-0.05, 0) is 30.0 Å². The SMILES string of the molecule is Cc1ccc([N+](=O)[O-])cc1S(=O)(=O)NCCOc1ccc(-c2cccs2)nn1. The Morgan fingerprint density at radius 2 is 2.04 bits per heavy atom. The number of non-ortho nitro benzene ring substituents is 1. The molecular weight excluding hydrogens is 404 g/mol. The second-order valence-corrected chi connectivity index (χ2v) is 8.37. The second kappa shape index (κ2) is 8.42. The minimum absolute atomic E-state index is 0.0280. The van der Waals surface area contributed by atoms with Crippen molar-refractivity contribution in [3.8, 4) is 16.5 Å². The number of hydrogen-bond donors (Lipinski definition) is 1. The number of benzene rings is 1. The van der Waals surface area contributed by atoms with Crippen LogP contribution >= 0.6 is 11.3 Å². The molecule has 3 aromatic rings. The quantitative estimate of drug-likeness (QED) is 0.337. The summed E-state index contributed by atoms with van der Waals surface area (Å²) in [4.78, 5) is 11.1. The summed E-state index contributed by atoms with van der Waals surface area (Å²) in [6, 6.07) is 11.0. The second-order valence-electron chi connectivity index (χ2n) is 5.69. The first-order chi connectivity index (χ1) is 13.4. The Bertz CT molecular complexity index is 1070. The van der Waals surface area contributed by atoms with Crippen LogP contribution in [0.1, 0.15) is 5.56 Å². The van der Waals surface area contributed by atoms with Crippen molar-refractivity contribution in [1.29, 1.82) is 0 Å². The van der Waals surface area contributed by atoms with Crippen molar-refractivity contribution in [2.75, 3.05) is 13.2 Å². The van der Waals surface area contributed by atoms with Gasteiger partial charge in [0.05, 0.1) is 14.7 Å². The van der Waals surface area contributed by atoms with Crippen LogP contribution in [-0.2, 0) is 10.0 Å². The van der Waals surface area contributed by atoms with Crippen molar-refractivity contribution >= 4 is 27.0 Å². The minimum Gasteiger partial charge on any atom is -0.475 e. The van der Waals surface area contributed by atoms with Gasteiger partial charge in [-0.2, -0.15) is 0 Å². The predicted molar refractivity (Wildman–Crippen MR) is 104 cm³/mol. The predicted octanol–water partition coefficient (Wildman–Crippen LogP) is 2.78. The molecule has 0 aliphatic carbocycles. The summed E-state index contributed by atoms with van der Waals surface area (Å²) in [5.41, 5.74) is 0.849. The Balaban J connectivity index is 1.57. The zero-order chi connectivity index (χ0) is 20.1. The lowest BCUT2D eigenvalue weighted by Crippen LogP contribution is -2.29. The molecule has 0 saturated heterocycles. The molecule has 2 aromatic heterocycles. The number of sulfonamides is 1. The first-order valence-electron chi connectivity index (χ1n) is 8.12. The van der Waals surface area contributed by atoms with Crippen LogP contribution in [0.15, 0.2) is 52.7 Å². The first-order valence-corrected chi connectivity index (χ1v) is 10.5. The maximum Gasteiger partial charge on any atom is 0.270 e. The van der Waals surface area contributed by atoms with E-state index in [4.69, 9.17) is 4.74 Å². The van der Waals surface area contributed by atoms with Gasteiger partial charge >= 0.3 is 0 Å². The number of nitro benzene ring substituents is 1. The van der Waals surface area contributed by atoms with E-state index in [0.29, 0.717) is 5.56 Å². The van der Waals surface area contributed by atoms with E-state index < -0.39 is 14.9 Å². The van der Waals surface area contributed by atoms with E-state index in [9.17, 15) is 18.5 Å². The third kappa shape index (κ3) is 4.68. The number of hydrogen-bond acceptors (Lipinski definition) is 8. The van der Waals surface area contributed by atoms with E-state index in [1.165, 1.54) is 12.1 Å². The average molecular weight is 420 g/mol. The van der Waals surface area contributed by atoms with E-state index >= 15 is 0 Å². The highest BCUT2D eigenvalue weighted by atomic mass is 32.2. The standard InChI is InChI=1S/C17H16N4O5S2/c1-12-4-5-13(21(22)23)11-16(12)28(24,25)18-8-9-26-17-7-6-14(19-20-17)15-3-2-10-27-15/h2-7,10-11,18H,8-9H2,1H3. The molecule has 0 aliphatic rings. The molecule has 3 rings (SSSR count). The molecule has 1 aromatic carbocycles. The zero-order valence-electron chi connectivity index (χ0n) is 14.7. The van der Waals surface area contributed by atoms with Gasteiger partial charge in [0.15, 0.2) is 0 Å². The normalized spacial score (nSPS) is 11.3. The Morgan fingerprint density at radius 3 is 2.68 bits per heavy atom. The third-order valence-electron chi connectivity index (χ3n) is 3.73. The van der Waals surface area contributed by atoms with Crippen LogP contribution in [0.2, 0.25) is 0 Å².